The van der Waals surface area contributed by atoms with Crippen molar-refractivity contribution in [3.63, 3.8) is 0 Å². The van der Waals surface area contributed by atoms with Crippen LogP contribution in [0.25, 0.3) is 10.9 Å². The van der Waals surface area contributed by atoms with Gasteiger partial charge in [-0.2, -0.15) is 0 Å². The first-order valence-electron chi connectivity index (χ1n) is 15.2. The Hall–Kier alpha value is -5.11. The van der Waals surface area contributed by atoms with Crippen LogP contribution in [0.15, 0.2) is 104 Å². The second-order valence-corrected chi connectivity index (χ2v) is 11.7. The Bertz CT molecular complexity index is 1760. The molecule has 3 atom stereocenters. The van der Waals surface area contributed by atoms with E-state index in [1.807, 2.05) is 66.7 Å². The normalized spacial score (nSPS) is 18.8. The molecule has 0 spiro atoms. The smallest absolute Gasteiger partial charge is 0.259 e. The molecule has 8 nitrogen and oxygen atoms in total. The van der Waals surface area contributed by atoms with Crippen molar-refractivity contribution in [1.29, 1.82) is 0 Å². The van der Waals surface area contributed by atoms with Crippen molar-refractivity contribution in [2.75, 3.05) is 11.9 Å². The van der Waals surface area contributed by atoms with Gasteiger partial charge in [-0.1, -0.05) is 36.8 Å². The number of carbonyl (C=O) groups is 2. The molecule has 2 aliphatic rings. The number of nitrogens with one attached hydrogen (secondary N) is 2. The van der Waals surface area contributed by atoms with Crippen LogP contribution in [0.1, 0.15) is 63.8 Å². The number of para-hydroxylation sites is 1. The van der Waals surface area contributed by atoms with Gasteiger partial charge in [0, 0.05) is 29.7 Å². The number of rotatable bonds is 9. The van der Waals surface area contributed by atoms with E-state index in [4.69, 9.17) is 4.74 Å². The van der Waals surface area contributed by atoms with Gasteiger partial charge >= 0.3 is 0 Å². The van der Waals surface area contributed by atoms with Crippen LogP contribution in [-0.4, -0.2) is 33.4 Å². The van der Waals surface area contributed by atoms with Gasteiger partial charge in [0.2, 0.25) is 0 Å². The summed E-state index contributed by atoms with van der Waals surface area (Å²) >= 11 is 0. The summed E-state index contributed by atoms with van der Waals surface area (Å²) in [6.07, 6.45) is 10.1. The molecule has 220 valence electrons. The zero-order valence-corrected chi connectivity index (χ0v) is 24.2. The first-order chi connectivity index (χ1) is 21.6. The van der Waals surface area contributed by atoms with Crippen molar-refractivity contribution >= 4 is 28.4 Å². The number of amides is 2. The summed E-state index contributed by atoms with van der Waals surface area (Å²) in [6, 6.07) is 25.3. The van der Waals surface area contributed by atoms with Gasteiger partial charge in [-0.3, -0.25) is 24.5 Å². The lowest BCUT2D eigenvalue weighted by molar-refractivity contribution is 0.0940. The Morgan fingerprint density at radius 1 is 0.818 bits per heavy atom. The zero-order valence-electron chi connectivity index (χ0n) is 24.2. The first-order valence-corrected chi connectivity index (χ1v) is 15.2. The van der Waals surface area contributed by atoms with Gasteiger partial charge in [0.25, 0.3) is 11.8 Å². The number of aromatic nitrogens is 3. The minimum atomic E-state index is -0.515. The molecule has 2 aliphatic carbocycles. The van der Waals surface area contributed by atoms with Gasteiger partial charge in [-0.25, -0.2) is 0 Å². The van der Waals surface area contributed by atoms with E-state index in [-0.39, 0.29) is 11.8 Å². The minimum Gasteiger partial charge on any atom is -0.492 e. The number of hydrogen-bond donors (Lipinski definition) is 2. The zero-order chi connectivity index (χ0) is 29.9. The fourth-order valence-corrected chi connectivity index (χ4v) is 6.69. The van der Waals surface area contributed by atoms with Crippen molar-refractivity contribution < 1.29 is 14.3 Å². The summed E-state index contributed by atoms with van der Waals surface area (Å²) in [6.45, 7) is 0.658. The molecular formula is C36H33N5O3. The van der Waals surface area contributed by atoms with Crippen LogP contribution in [0.4, 0.5) is 5.69 Å². The molecule has 44 heavy (non-hydrogen) atoms. The molecule has 0 saturated heterocycles. The number of hydrogen-bond acceptors (Lipinski definition) is 6. The van der Waals surface area contributed by atoms with Crippen LogP contribution in [0, 0.1) is 17.8 Å². The Morgan fingerprint density at radius 3 is 2.30 bits per heavy atom. The van der Waals surface area contributed by atoms with Crippen LogP contribution in [0.2, 0.25) is 0 Å². The van der Waals surface area contributed by atoms with Crippen molar-refractivity contribution in [2.24, 2.45) is 17.8 Å². The lowest BCUT2D eigenvalue weighted by Crippen LogP contribution is -2.30. The minimum absolute atomic E-state index is 0.237. The third-order valence-corrected chi connectivity index (χ3v) is 8.92. The number of fused-ring (bicyclic) bond motifs is 3. The molecule has 2 N–H and O–H groups in total. The van der Waals surface area contributed by atoms with Gasteiger partial charge in [-0.15, -0.1) is 0 Å². The molecule has 3 aromatic heterocycles. The van der Waals surface area contributed by atoms with E-state index in [2.05, 4.69) is 25.6 Å². The van der Waals surface area contributed by atoms with Gasteiger partial charge in [-0.05, 0) is 91.6 Å². The van der Waals surface area contributed by atoms with Crippen molar-refractivity contribution in [3.05, 3.63) is 126 Å². The van der Waals surface area contributed by atoms with Crippen LogP contribution < -0.4 is 15.4 Å². The van der Waals surface area contributed by atoms with Gasteiger partial charge in [0.15, 0.2) is 0 Å². The van der Waals surface area contributed by atoms with Gasteiger partial charge < -0.3 is 15.4 Å². The monoisotopic (exact) mass is 583 g/mol. The van der Waals surface area contributed by atoms with Crippen LogP contribution in [0.3, 0.4) is 0 Å². The maximum absolute atomic E-state index is 13.3. The summed E-state index contributed by atoms with van der Waals surface area (Å²) < 4.78 is 6.20. The lowest BCUT2D eigenvalue weighted by atomic mass is 9.89. The summed E-state index contributed by atoms with van der Waals surface area (Å²) in [5, 5.41) is 6.82. The Morgan fingerprint density at radius 2 is 1.59 bits per heavy atom. The summed E-state index contributed by atoms with van der Waals surface area (Å²) in [5.41, 5.74) is 3.56. The molecule has 8 heteroatoms. The molecule has 2 aromatic carbocycles. The fraction of sp³-hybridized carbons (Fsp3) is 0.250. The molecule has 0 radical (unpaired) electrons. The van der Waals surface area contributed by atoms with Crippen LogP contribution in [0.5, 0.6) is 5.75 Å². The number of pyridine rings is 3. The van der Waals surface area contributed by atoms with E-state index >= 15 is 0 Å². The lowest BCUT2D eigenvalue weighted by Gasteiger charge is -2.22. The molecule has 2 amide bonds. The molecule has 3 heterocycles. The topological polar surface area (TPSA) is 106 Å². The Labute approximate surface area is 255 Å². The number of carbonyl (C=O) groups excluding carboxylic acids is 2. The molecule has 0 aliphatic heterocycles. The molecule has 7 rings (SSSR count). The predicted octanol–water partition coefficient (Wildman–Crippen LogP) is 6.61. The van der Waals surface area contributed by atoms with Gasteiger partial charge in [0.1, 0.15) is 11.8 Å². The molecule has 2 fully saturated rings. The van der Waals surface area contributed by atoms with E-state index in [0.29, 0.717) is 52.0 Å². The standard InChI is InChI=1S/C36H33N5O3/c42-35(41-34(30-8-3-5-15-37-30)31-9-4-6-16-38-31)26-19-25-13-14-28(20-32(25)39-21-26)40-36(43)29-7-1-2-10-33(29)44-22-27-18-23-11-12-24(27)17-23/h1-10,13-16,19-21,23-24,27,34H,11-12,17-18,22H2,(H,40,43)(H,41,42). The maximum Gasteiger partial charge on any atom is 0.259 e. The highest BCUT2D eigenvalue weighted by Crippen LogP contribution is 2.48. The summed E-state index contributed by atoms with van der Waals surface area (Å²) in [5.74, 6) is 2.28. The largest absolute Gasteiger partial charge is 0.492 e. The quantitative estimate of drug-likeness (QED) is 0.202. The van der Waals surface area contributed by atoms with Crippen molar-refractivity contribution in [3.8, 4) is 5.75 Å². The van der Waals surface area contributed by atoms with E-state index in [9.17, 15) is 9.59 Å². The van der Waals surface area contributed by atoms with Crippen LogP contribution >= 0.6 is 0 Å². The Kier molecular flexibility index (Phi) is 7.71. The molecule has 3 unspecified atom stereocenters. The van der Waals surface area contributed by atoms with Crippen molar-refractivity contribution in [1.82, 2.24) is 20.3 Å². The second kappa shape index (κ2) is 12.2. The van der Waals surface area contributed by atoms with E-state index in [1.165, 1.54) is 31.9 Å². The highest BCUT2D eigenvalue weighted by Gasteiger charge is 2.39. The number of anilines is 1. The number of nitrogens with zero attached hydrogens (tertiary/aromatic N) is 3. The van der Waals surface area contributed by atoms with E-state index < -0.39 is 6.04 Å². The fourth-order valence-electron chi connectivity index (χ4n) is 6.69. The van der Waals surface area contributed by atoms with Gasteiger partial charge in [0.05, 0.1) is 34.6 Å². The van der Waals surface area contributed by atoms with Crippen LogP contribution in [-0.2, 0) is 0 Å². The average Bonchev–Trinajstić information content (AvgIpc) is 3.71. The predicted molar refractivity (Wildman–Crippen MR) is 168 cm³/mol. The summed E-state index contributed by atoms with van der Waals surface area (Å²) in [4.78, 5) is 40.1. The van der Waals surface area contributed by atoms with Crippen molar-refractivity contribution in [2.45, 2.75) is 31.7 Å². The maximum atomic E-state index is 13.3. The SMILES string of the molecule is O=C(NC(c1ccccn1)c1ccccn1)c1cnc2cc(NC(=O)c3ccccc3OCC3CC4CCC3C4)ccc2c1. The number of benzene rings is 2. The number of ether oxygens (including phenoxy) is 1. The molecular weight excluding hydrogens is 550 g/mol. The third-order valence-electron chi connectivity index (χ3n) is 8.92. The second-order valence-electron chi connectivity index (χ2n) is 11.7. The highest BCUT2D eigenvalue weighted by molar-refractivity contribution is 6.07. The molecule has 2 bridgehead atoms. The molecule has 2 saturated carbocycles. The molecule has 5 aromatic rings. The first kappa shape index (κ1) is 27.7. The highest BCUT2D eigenvalue weighted by atomic mass is 16.5. The third kappa shape index (κ3) is 5.88. The van der Waals surface area contributed by atoms with E-state index in [0.717, 1.165) is 17.2 Å². The summed E-state index contributed by atoms with van der Waals surface area (Å²) in [7, 11) is 0. The Balaban J connectivity index is 1.04. The van der Waals surface area contributed by atoms with E-state index in [1.54, 1.807) is 30.6 Å². The average molecular weight is 584 g/mol.